The van der Waals surface area contributed by atoms with E-state index in [1.54, 1.807) is 0 Å². The molecule has 0 spiro atoms. The summed E-state index contributed by atoms with van der Waals surface area (Å²) in [5.74, 6) is -0.415. The molecule has 0 fully saturated rings. The van der Waals surface area contributed by atoms with Crippen molar-refractivity contribution in [3.8, 4) is 0 Å². The van der Waals surface area contributed by atoms with Crippen LogP contribution in [-0.4, -0.2) is 29.6 Å². The van der Waals surface area contributed by atoms with Crippen molar-refractivity contribution in [3.05, 3.63) is 0 Å². The maximum absolute atomic E-state index is 11.6. The van der Waals surface area contributed by atoms with Gasteiger partial charge in [0, 0.05) is 13.0 Å². The van der Waals surface area contributed by atoms with Crippen LogP contribution in [0, 0.1) is 11.8 Å². The van der Waals surface area contributed by atoms with Crippen LogP contribution in [0.3, 0.4) is 0 Å². The van der Waals surface area contributed by atoms with Gasteiger partial charge in [-0.05, 0) is 24.7 Å². The SMILES string of the molecule is CC(C)CC(N)C(=O)NCC(C)CCC(=O)O. The summed E-state index contributed by atoms with van der Waals surface area (Å²) >= 11 is 0. The third-order valence-electron chi connectivity index (χ3n) is 2.54. The molecule has 0 radical (unpaired) electrons. The van der Waals surface area contributed by atoms with Crippen molar-refractivity contribution < 1.29 is 14.7 Å². The van der Waals surface area contributed by atoms with Crippen LogP contribution in [0.1, 0.15) is 40.0 Å². The summed E-state index contributed by atoms with van der Waals surface area (Å²) in [4.78, 5) is 21.9. The summed E-state index contributed by atoms with van der Waals surface area (Å²) in [5, 5.41) is 11.3. The van der Waals surface area contributed by atoms with Crippen LogP contribution in [-0.2, 0) is 9.59 Å². The summed E-state index contributed by atoms with van der Waals surface area (Å²) in [6.07, 6.45) is 1.36. The highest BCUT2D eigenvalue weighted by Crippen LogP contribution is 2.05. The van der Waals surface area contributed by atoms with E-state index in [0.29, 0.717) is 25.3 Å². The second-order valence-corrected chi connectivity index (χ2v) is 5.02. The van der Waals surface area contributed by atoms with Crippen molar-refractivity contribution in [2.24, 2.45) is 17.6 Å². The Hall–Kier alpha value is -1.10. The van der Waals surface area contributed by atoms with Crippen LogP contribution in [0.4, 0.5) is 0 Å². The Morgan fingerprint density at radius 1 is 1.29 bits per heavy atom. The molecule has 17 heavy (non-hydrogen) atoms. The van der Waals surface area contributed by atoms with Gasteiger partial charge in [0.05, 0.1) is 6.04 Å². The summed E-state index contributed by atoms with van der Waals surface area (Å²) in [6.45, 7) is 6.43. The van der Waals surface area contributed by atoms with E-state index in [9.17, 15) is 9.59 Å². The first kappa shape index (κ1) is 15.9. The number of hydrogen-bond donors (Lipinski definition) is 3. The quantitative estimate of drug-likeness (QED) is 0.593. The minimum Gasteiger partial charge on any atom is -0.481 e. The van der Waals surface area contributed by atoms with Gasteiger partial charge in [-0.2, -0.15) is 0 Å². The molecule has 0 saturated heterocycles. The van der Waals surface area contributed by atoms with E-state index >= 15 is 0 Å². The van der Waals surface area contributed by atoms with E-state index in [1.165, 1.54) is 0 Å². The van der Waals surface area contributed by atoms with Crippen LogP contribution in [0.15, 0.2) is 0 Å². The molecule has 5 heteroatoms. The van der Waals surface area contributed by atoms with E-state index in [0.717, 1.165) is 0 Å². The normalized spacial score (nSPS) is 14.4. The first-order valence-corrected chi connectivity index (χ1v) is 6.08. The van der Waals surface area contributed by atoms with Crippen LogP contribution in [0.5, 0.6) is 0 Å². The molecule has 100 valence electrons. The molecule has 0 aromatic rings. The molecule has 0 aromatic carbocycles. The van der Waals surface area contributed by atoms with E-state index in [1.807, 2.05) is 20.8 Å². The molecule has 0 saturated carbocycles. The fourth-order valence-corrected chi connectivity index (χ4v) is 1.49. The zero-order chi connectivity index (χ0) is 13.4. The first-order chi connectivity index (χ1) is 7.82. The minimum absolute atomic E-state index is 0.134. The molecular weight excluding hydrogens is 220 g/mol. The second-order valence-electron chi connectivity index (χ2n) is 5.02. The van der Waals surface area contributed by atoms with Crippen molar-refractivity contribution >= 4 is 11.9 Å². The van der Waals surface area contributed by atoms with Gasteiger partial charge in [-0.1, -0.05) is 20.8 Å². The summed E-state index contributed by atoms with van der Waals surface area (Å²) in [7, 11) is 0. The standard InChI is InChI=1S/C12H24N2O3/c1-8(2)6-10(13)12(17)14-7-9(3)4-5-11(15)16/h8-10H,4-7,13H2,1-3H3,(H,14,17)(H,15,16). The molecule has 2 unspecified atom stereocenters. The van der Waals surface area contributed by atoms with Crippen molar-refractivity contribution in [3.63, 3.8) is 0 Å². The number of hydrogen-bond acceptors (Lipinski definition) is 3. The molecule has 0 heterocycles. The Labute approximate surface area is 103 Å². The lowest BCUT2D eigenvalue weighted by atomic mass is 10.0. The molecule has 0 aliphatic carbocycles. The van der Waals surface area contributed by atoms with Gasteiger partial charge in [0.15, 0.2) is 0 Å². The molecule has 0 bridgehead atoms. The largest absolute Gasteiger partial charge is 0.481 e. The zero-order valence-corrected chi connectivity index (χ0v) is 10.9. The predicted molar refractivity (Wildman–Crippen MR) is 66.5 cm³/mol. The van der Waals surface area contributed by atoms with Crippen molar-refractivity contribution in [1.29, 1.82) is 0 Å². The summed E-state index contributed by atoms with van der Waals surface area (Å²) < 4.78 is 0. The average Bonchev–Trinajstić information content (AvgIpc) is 2.21. The van der Waals surface area contributed by atoms with Crippen molar-refractivity contribution in [2.75, 3.05) is 6.54 Å². The third kappa shape index (κ3) is 8.68. The second kappa shape index (κ2) is 8.06. The highest BCUT2D eigenvalue weighted by molar-refractivity contribution is 5.81. The molecule has 5 nitrogen and oxygen atoms in total. The number of carboxylic acids is 1. The Morgan fingerprint density at radius 2 is 1.88 bits per heavy atom. The fourth-order valence-electron chi connectivity index (χ4n) is 1.49. The predicted octanol–water partition coefficient (Wildman–Crippen LogP) is 0.977. The van der Waals surface area contributed by atoms with Crippen LogP contribution in [0.25, 0.3) is 0 Å². The molecule has 0 aromatic heterocycles. The molecule has 4 N–H and O–H groups in total. The van der Waals surface area contributed by atoms with Crippen LogP contribution < -0.4 is 11.1 Å². The highest BCUT2D eigenvalue weighted by atomic mass is 16.4. The van der Waals surface area contributed by atoms with Gasteiger partial charge in [-0.3, -0.25) is 9.59 Å². The Bertz CT molecular complexity index is 254. The molecule has 1 amide bonds. The van der Waals surface area contributed by atoms with E-state index in [4.69, 9.17) is 10.8 Å². The number of carboxylic acid groups (broad SMARTS) is 1. The Morgan fingerprint density at radius 3 is 2.35 bits per heavy atom. The maximum Gasteiger partial charge on any atom is 0.303 e. The van der Waals surface area contributed by atoms with Crippen molar-refractivity contribution in [2.45, 2.75) is 46.1 Å². The summed E-state index contributed by atoms with van der Waals surface area (Å²) in [6, 6.07) is -0.471. The van der Waals surface area contributed by atoms with Crippen molar-refractivity contribution in [1.82, 2.24) is 5.32 Å². The Kier molecular flexibility index (Phi) is 7.54. The van der Waals surface area contributed by atoms with E-state index < -0.39 is 12.0 Å². The molecule has 0 aliphatic heterocycles. The van der Waals surface area contributed by atoms with E-state index in [-0.39, 0.29) is 18.2 Å². The van der Waals surface area contributed by atoms with Crippen LogP contribution >= 0.6 is 0 Å². The summed E-state index contributed by atoms with van der Waals surface area (Å²) in [5.41, 5.74) is 5.72. The lowest BCUT2D eigenvalue weighted by molar-refractivity contribution is -0.137. The van der Waals surface area contributed by atoms with Gasteiger partial charge >= 0.3 is 5.97 Å². The average molecular weight is 244 g/mol. The third-order valence-corrected chi connectivity index (χ3v) is 2.54. The molecule has 0 rings (SSSR count). The van der Waals surface area contributed by atoms with E-state index in [2.05, 4.69) is 5.32 Å². The van der Waals surface area contributed by atoms with Gasteiger partial charge in [-0.25, -0.2) is 0 Å². The lowest BCUT2D eigenvalue weighted by Gasteiger charge is -2.16. The number of carbonyl (C=O) groups excluding carboxylic acids is 1. The monoisotopic (exact) mass is 244 g/mol. The number of rotatable bonds is 8. The van der Waals surface area contributed by atoms with Gasteiger partial charge in [-0.15, -0.1) is 0 Å². The van der Waals surface area contributed by atoms with Gasteiger partial charge in [0.2, 0.25) is 5.91 Å². The number of amides is 1. The molecule has 0 aliphatic rings. The Balaban J connectivity index is 3.78. The molecule has 2 atom stereocenters. The smallest absolute Gasteiger partial charge is 0.303 e. The van der Waals surface area contributed by atoms with Crippen LogP contribution in [0.2, 0.25) is 0 Å². The lowest BCUT2D eigenvalue weighted by Crippen LogP contribution is -2.42. The number of nitrogens with two attached hydrogens (primary N) is 1. The number of nitrogens with one attached hydrogen (secondary N) is 1. The topological polar surface area (TPSA) is 92.4 Å². The van der Waals surface area contributed by atoms with Gasteiger partial charge in [0.25, 0.3) is 0 Å². The fraction of sp³-hybridized carbons (Fsp3) is 0.833. The zero-order valence-electron chi connectivity index (χ0n) is 10.9. The molecular formula is C12H24N2O3. The number of aliphatic carboxylic acids is 1. The van der Waals surface area contributed by atoms with Gasteiger partial charge < -0.3 is 16.2 Å². The number of carbonyl (C=O) groups is 2. The highest BCUT2D eigenvalue weighted by Gasteiger charge is 2.15. The maximum atomic E-state index is 11.6. The van der Waals surface area contributed by atoms with Gasteiger partial charge in [0.1, 0.15) is 0 Å². The minimum atomic E-state index is -0.806. The first-order valence-electron chi connectivity index (χ1n) is 6.08.